The van der Waals surface area contributed by atoms with E-state index < -0.39 is 23.8 Å². The van der Waals surface area contributed by atoms with Gasteiger partial charge in [-0.3, -0.25) is 0 Å². The largest absolute Gasteiger partial charge is 0.386 e. The maximum Gasteiger partial charge on any atom is 0.129 e. The van der Waals surface area contributed by atoms with E-state index in [9.17, 15) is 13.9 Å². The van der Waals surface area contributed by atoms with Crippen molar-refractivity contribution in [3.63, 3.8) is 0 Å². The fourth-order valence-corrected chi connectivity index (χ4v) is 1.94. The molecule has 1 aliphatic rings. The van der Waals surface area contributed by atoms with Gasteiger partial charge in [0.2, 0.25) is 0 Å². The first kappa shape index (κ1) is 11.5. The summed E-state index contributed by atoms with van der Waals surface area (Å²) >= 11 is 0. The third kappa shape index (κ3) is 2.08. The number of halogens is 2. The van der Waals surface area contributed by atoms with Crippen molar-refractivity contribution in [2.75, 3.05) is 6.61 Å². The van der Waals surface area contributed by atoms with E-state index in [4.69, 9.17) is 4.74 Å². The van der Waals surface area contributed by atoms with Gasteiger partial charge >= 0.3 is 0 Å². The molecule has 2 unspecified atom stereocenters. The van der Waals surface area contributed by atoms with Crippen LogP contribution in [0.2, 0.25) is 0 Å². The normalized spacial score (nSPS) is 22.4. The van der Waals surface area contributed by atoms with Crippen LogP contribution in [0.5, 0.6) is 0 Å². The van der Waals surface area contributed by atoms with Crippen LogP contribution in [0, 0.1) is 18.6 Å². The lowest BCUT2D eigenvalue weighted by Crippen LogP contribution is -2.18. The highest BCUT2D eigenvalue weighted by Gasteiger charge is 2.28. The van der Waals surface area contributed by atoms with Gasteiger partial charge in [0.25, 0.3) is 0 Å². The zero-order valence-corrected chi connectivity index (χ0v) is 9.04. The van der Waals surface area contributed by atoms with Crippen molar-refractivity contribution in [1.29, 1.82) is 0 Å². The molecule has 1 aromatic rings. The first-order valence-electron chi connectivity index (χ1n) is 5.35. The van der Waals surface area contributed by atoms with Crippen LogP contribution in [0.1, 0.15) is 30.1 Å². The van der Waals surface area contributed by atoms with E-state index in [0.29, 0.717) is 13.0 Å². The molecule has 4 heteroatoms. The van der Waals surface area contributed by atoms with Crippen LogP contribution in [-0.2, 0) is 4.74 Å². The number of aliphatic hydroxyl groups excluding tert-OH is 1. The first-order chi connectivity index (χ1) is 7.59. The molecule has 2 atom stereocenters. The molecule has 0 aliphatic carbocycles. The Bertz CT molecular complexity index is 387. The van der Waals surface area contributed by atoms with Gasteiger partial charge in [-0.2, -0.15) is 0 Å². The summed E-state index contributed by atoms with van der Waals surface area (Å²) in [5.41, 5.74) is 0.218. The summed E-state index contributed by atoms with van der Waals surface area (Å²) in [5.74, 6) is -1.09. The maximum absolute atomic E-state index is 13.6. The molecule has 0 bridgehead atoms. The molecule has 0 spiro atoms. The van der Waals surface area contributed by atoms with E-state index in [1.54, 1.807) is 0 Å². The van der Waals surface area contributed by atoms with Crippen molar-refractivity contribution >= 4 is 0 Å². The van der Waals surface area contributed by atoms with Crippen molar-refractivity contribution < 1.29 is 18.6 Å². The fourth-order valence-electron chi connectivity index (χ4n) is 1.94. The molecular formula is C12H14F2O2. The van der Waals surface area contributed by atoms with Gasteiger partial charge in [0.15, 0.2) is 0 Å². The summed E-state index contributed by atoms with van der Waals surface area (Å²) in [6.07, 6.45) is 0.0163. The van der Waals surface area contributed by atoms with Crippen LogP contribution >= 0.6 is 0 Å². The molecule has 16 heavy (non-hydrogen) atoms. The first-order valence-corrected chi connectivity index (χ1v) is 5.35. The summed E-state index contributed by atoms with van der Waals surface area (Å²) in [7, 11) is 0. The molecule has 1 saturated heterocycles. The standard InChI is InChI=1S/C12H14F2O2/c1-7-5-10(14)8(6-9(7)13)12(15)11-3-2-4-16-11/h5-6,11-12,15H,2-4H2,1H3. The van der Waals surface area contributed by atoms with Gasteiger partial charge in [0.05, 0.1) is 6.10 Å². The van der Waals surface area contributed by atoms with Crippen LogP contribution in [0.25, 0.3) is 0 Å². The molecule has 1 aromatic carbocycles. The molecule has 88 valence electrons. The van der Waals surface area contributed by atoms with E-state index in [0.717, 1.165) is 18.6 Å². The van der Waals surface area contributed by atoms with Gasteiger partial charge < -0.3 is 9.84 Å². The Balaban J connectivity index is 2.28. The van der Waals surface area contributed by atoms with Gasteiger partial charge in [0.1, 0.15) is 17.7 Å². The quantitative estimate of drug-likeness (QED) is 0.842. The molecule has 1 N–H and O–H groups in total. The molecule has 0 radical (unpaired) electrons. The Labute approximate surface area is 92.9 Å². The molecule has 1 heterocycles. The van der Waals surface area contributed by atoms with Gasteiger partial charge in [-0.25, -0.2) is 8.78 Å². The summed E-state index contributed by atoms with van der Waals surface area (Å²) in [4.78, 5) is 0. The minimum absolute atomic E-state index is 0.0185. The Morgan fingerprint density at radius 2 is 2.12 bits per heavy atom. The summed E-state index contributed by atoms with van der Waals surface area (Å²) < 4.78 is 32.1. The Morgan fingerprint density at radius 1 is 1.38 bits per heavy atom. The van der Waals surface area contributed by atoms with E-state index in [-0.39, 0.29) is 11.1 Å². The van der Waals surface area contributed by atoms with Crippen molar-refractivity contribution in [2.45, 2.75) is 32.0 Å². The number of rotatable bonds is 2. The highest BCUT2D eigenvalue weighted by atomic mass is 19.1. The van der Waals surface area contributed by atoms with Crippen molar-refractivity contribution in [3.8, 4) is 0 Å². The number of aryl methyl sites for hydroxylation is 1. The number of ether oxygens (including phenoxy) is 1. The SMILES string of the molecule is Cc1cc(F)c(C(O)C2CCCO2)cc1F. The minimum Gasteiger partial charge on any atom is -0.386 e. The summed E-state index contributed by atoms with van der Waals surface area (Å²) in [6.45, 7) is 2.05. The summed E-state index contributed by atoms with van der Waals surface area (Å²) in [6, 6.07) is 2.15. The topological polar surface area (TPSA) is 29.5 Å². The zero-order valence-electron chi connectivity index (χ0n) is 9.04. The van der Waals surface area contributed by atoms with Crippen molar-refractivity contribution in [3.05, 3.63) is 34.9 Å². The van der Waals surface area contributed by atoms with Gasteiger partial charge in [-0.05, 0) is 37.5 Å². The predicted octanol–water partition coefficient (Wildman–Crippen LogP) is 2.49. The van der Waals surface area contributed by atoms with Crippen LogP contribution in [0.15, 0.2) is 12.1 Å². The van der Waals surface area contributed by atoms with Crippen LogP contribution in [0.4, 0.5) is 8.78 Å². The lowest BCUT2D eigenvalue weighted by atomic mass is 10.0. The number of hydrogen-bond donors (Lipinski definition) is 1. The Hall–Kier alpha value is -1.00. The second kappa shape index (κ2) is 4.47. The molecule has 2 rings (SSSR count). The molecule has 1 aliphatic heterocycles. The second-order valence-electron chi connectivity index (χ2n) is 4.12. The molecule has 2 nitrogen and oxygen atoms in total. The highest BCUT2D eigenvalue weighted by Crippen LogP contribution is 2.29. The maximum atomic E-state index is 13.6. The predicted molar refractivity (Wildman–Crippen MR) is 55.0 cm³/mol. The van der Waals surface area contributed by atoms with Crippen LogP contribution < -0.4 is 0 Å². The second-order valence-corrected chi connectivity index (χ2v) is 4.12. The number of aliphatic hydroxyl groups is 1. The van der Waals surface area contributed by atoms with E-state index in [1.807, 2.05) is 0 Å². The third-order valence-electron chi connectivity index (χ3n) is 2.91. The van der Waals surface area contributed by atoms with Crippen LogP contribution in [0.3, 0.4) is 0 Å². The number of hydrogen-bond acceptors (Lipinski definition) is 2. The smallest absolute Gasteiger partial charge is 0.129 e. The van der Waals surface area contributed by atoms with Crippen molar-refractivity contribution in [1.82, 2.24) is 0 Å². The molecule has 0 aromatic heterocycles. The lowest BCUT2D eigenvalue weighted by molar-refractivity contribution is -0.00441. The monoisotopic (exact) mass is 228 g/mol. The molecular weight excluding hydrogens is 214 g/mol. The van der Waals surface area contributed by atoms with Gasteiger partial charge in [-0.1, -0.05) is 0 Å². The summed E-state index contributed by atoms with van der Waals surface area (Å²) in [5, 5.41) is 9.88. The lowest BCUT2D eigenvalue weighted by Gasteiger charge is -2.18. The highest BCUT2D eigenvalue weighted by molar-refractivity contribution is 5.27. The van der Waals surface area contributed by atoms with Crippen LogP contribution in [-0.4, -0.2) is 17.8 Å². The van der Waals surface area contributed by atoms with E-state index in [2.05, 4.69) is 0 Å². The minimum atomic E-state index is -1.09. The van der Waals surface area contributed by atoms with Crippen molar-refractivity contribution in [2.24, 2.45) is 0 Å². The average Bonchev–Trinajstić information content (AvgIpc) is 2.75. The molecule has 0 saturated carbocycles. The third-order valence-corrected chi connectivity index (χ3v) is 2.91. The Kier molecular flexibility index (Phi) is 3.21. The molecule has 1 fully saturated rings. The zero-order chi connectivity index (χ0) is 11.7. The average molecular weight is 228 g/mol. The Morgan fingerprint density at radius 3 is 2.75 bits per heavy atom. The number of benzene rings is 1. The van der Waals surface area contributed by atoms with Gasteiger partial charge in [0, 0.05) is 12.2 Å². The van der Waals surface area contributed by atoms with E-state index >= 15 is 0 Å². The molecule has 0 amide bonds. The fraction of sp³-hybridized carbons (Fsp3) is 0.500. The van der Waals surface area contributed by atoms with E-state index in [1.165, 1.54) is 6.92 Å². The van der Waals surface area contributed by atoms with Gasteiger partial charge in [-0.15, -0.1) is 0 Å².